The van der Waals surface area contributed by atoms with Crippen molar-refractivity contribution >= 4 is 11.6 Å². The van der Waals surface area contributed by atoms with E-state index in [2.05, 4.69) is 0 Å². The molecule has 0 aliphatic heterocycles. The summed E-state index contributed by atoms with van der Waals surface area (Å²) in [6.07, 6.45) is 0.212. The lowest BCUT2D eigenvalue weighted by Crippen LogP contribution is -2.37. The first-order valence-corrected chi connectivity index (χ1v) is 6.80. The van der Waals surface area contributed by atoms with Gasteiger partial charge in [-0.05, 0) is 41.8 Å². The van der Waals surface area contributed by atoms with Crippen molar-refractivity contribution in [2.24, 2.45) is 0 Å². The minimum Gasteiger partial charge on any atom is -0.395 e. The van der Waals surface area contributed by atoms with Crippen LogP contribution in [0.15, 0.2) is 42.5 Å². The molecule has 0 aliphatic rings. The van der Waals surface area contributed by atoms with Crippen LogP contribution in [0, 0.1) is 11.6 Å². The Hall–Kier alpha value is -1.49. The number of halogens is 3. The highest BCUT2D eigenvalue weighted by Crippen LogP contribution is 2.30. The number of rotatable bonds is 5. The normalized spacial score (nSPS) is 11.7. The van der Waals surface area contributed by atoms with Crippen molar-refractivity contribution in [2.75, 3.05) is 13.2 Å². The summed E-state index contributed by atoms with van der Waals surface area (Å²) in [4.78, 5) is 0. The number of aliphatic hydroxyl groups is 2. The van der Waals surface area contributed by atoms with Crippen LogP contribution in [0.2, 0.25) is 5.02 Å². The number of benzene rings is 2. The van der Waals surface area contributed by atoms with Gasteiger partial charge in [0.15, 0.2) is 0 Å². The summed E-state index contributed by atoms with van der Waals surface area (Å²) in [7, 11) is 0. The number of hydrogen-bond acceptors (Lipinski definition) is 2. The van der Waals surface area contributed by atoms with Crippen molar-refractivity contribution in [2.45, 2.75) is 11.8 Å². The highest BCUT2D eigenvalue weighted by Gasteiger charge is 2.32. The van der Waals surface area contributed by atoms with Gasteiger partial charge in [0.1, 0.15) is 11.6 Å². The van der Waals surface area contributed by atoms with E-state index in [4.69, 9.17) is 11.6 Å². The van der Waals surface area contributed by atoms with Crippen molar-refractivity contribution in [3.63, 3.8) is 0 Å². The molecule has 5 heteroatoms. The zero-order valence-corrected chi connectivity index (χ0v) is 11.9. The van der Waals surface area contributed by atoms with Gasteiger partial charge in [0, 0.05) is 5.41 Å². The minimum atomic E-state index is -1.05. The molecule has 2 aromatic rings. The molecule has 2 N–H and O–H groups in total. The van der Waals surface area contributed by atoms with Crippen LogP contribution < -0.4 is 0 Å². The molecule has 0 aromatic heterocycles. The van der Waals surface area contributed by atoms with E-state index in [1.807, 2.05) is 0 Å². The molecule has 21 heavy (non-hydrogen) atoms. The Morgan fingerprint density at radius 1 is 1.00 bits per heavy atom. The standard InChI is InChI=1S/C16H15ClF2O2/c17-14-6-11(4-5-15(14)19)8-16(9-20,10-21)12-2-1-3-13(18)7-12/h1-7,20-21H,8-10H2. The zero-order valence-electron chi connectivity index (χ0n) is 11.2. The van der Waals surface area contributed by atoms with E-state index in [9.17, 15) is 19.0 Å². The van der Waals surface area contributed by atoms with E-state index >= 15 is 0 Å². The van der Waals surface area contributed by atoms with Gasteiger partial charge in [-0.2, -0.15) is 0 Å². The monoisotopic (exact) mass is 312 g/mol. The first kappa shape index (κ1) is 15.9. The maximum Gasteiger partial charge on any atom is 0.141 e. The van der Waals surface area contributed by atoms with Crippen molar-refractivity contribution < 1.29 is 19.0 Å². The third-order valence-corrected chi connectivity index (χ3v) is 3.86. The van der Waals surface area contributed by atoms with E-state index in [1.54, 1.807) is 6.07 Å². The predicted octanol–water partition coefficient (Wildman–Crippen LogP) is 3.08. The lowest BCUT2D eigenvalue weighted by molar-refractivity contribution is 0.116. The topological polar surface area (TPSA) is 40.5 Å². The number of hydrogen-bond donors (Lipinski definition) is 2. The van der Waals surface area contributed by atoms with Crippen LogP contribution in [-0.4, -0.2) is 23.4 Å². The molecule has 0 heterocycles. The summed E-state index contributed by atoms with van der Waals surface area (Å²) in [5, 5.41) is 19.4. The number of aliphatic hydroxyl groups excluding tert-OH is 2. The molecule has 112 valence electrons. The van der Waals surface area contributed by atoms with Crippen LogP contribution in [0.25, 0.3) is 0 Å². The molecular formula is C16H15ClF2O2. The summed E-state index contributed by atoms with van der Waals surface area (Å²) >= 11 is 5.74. The average Bonchev–Trinajstić information content (AvgIpc) is 2.48. The van der Waals surface area contributed by atoms with Gasteiger partial charge in [0.2, 0.25) is 0 Å². The lowest BCUT2D eigenvalue weighted by Gasteiger charge is -2.30. The van der Waals surface area contributed by atoms with Crippen LogP contribution in [-0.2, 0) is 11.8 Å². The molecule has 0 saturated heterocycles. The summed E-state index contributed by atoms with van der Waals surface area (Å²) in [6.45, 7) is -0.746. The largest absolute Gasteiger partial charge is 0.395 e. The van der Waals surface area contributed by atoms with Crippen LogP contribution in [0.5, 0.6) is 0 Å². The van der Waals surface area contributed by atoms with Crippen LogP contribution in [0.4, 0.5) is 8.78 Å². The molecular weight excluding hydrogens is 298 g/mol. The van der Waals surface area contributed by atoms with Gasteiger partial charge in [-0.25, -0.2) is 8.78 Å². The predicted molar refractivity (Wildman–Crippen MR) is 77.4 cm³/mol. The van der Waals surface area contributed by atoms with Gasteiger partial charge in [-0.3, -0.25) is 0 Å². The van der Waals surface area contributed by atoms with E-state index in [0.717, 1.165) is 0 Å². The lowest BCUT2D eigenvalue weighted by atomic mass is 9.77. The van der Waals surface area contributed by atoms with E-state index in [1.165, 1.54) is 36.4 Å². The van der Waals surface area contributed by atoms with E-state index in [-0.39, 0.29) is 24.7 Å². The Balaban J connectivity index is 2.40. The summed E-state index contributed by atoms with van der Waals surface area (Å²) < 4.78 is 26.6. The second-order valence-electron chi connectivity index (χ2n) is 5.03. The second kappa shape index (κ2) is 6.52. The smallest absolute Gasteiger partial charge is 0.141 e. The molecule has 0 fully saturated rings. The van der Waals surface area contributed by atoms with Crippen molar-refractivity contribution in [3.05, 3.63) is 70.2 Å². The van der Waals surface area contributed by atoms with E-state index in [0.29, 0.717) is 11.1 Å². The molecule has 0 spiro atoms. The highest BCUT2D eigenvalue weighted by atomic mass is 35.5. The molecule has 0 unspecified atom stereocenters. The first-order chi connectivity index (χ1) is 10.0. The first-order valence-electron chi connectivity index (χ1n) is 6.42. The third-order valence-electron chi connectivity index (χ3n) is 3.57. The Labute approximate surface area is 126 Å². The van der Waals surface area contributed by atoms with Gasteiger partial charge < -0.3 is 10.2 Å². The summed E-state index contributed by atoms with van der Waals surface area (Å²) in [6, 6.07) is 9.91. The van der Waals surface area contributed by atoms with E-state index < -0.39 is 17.0 Å². The van der Waals surface area contributed by atoms with Crippen molar-refractivity contribution in [3.8, 4) is 0 Å². The second-order valence-corrected chi connectivity index (χ2v) is 5.44. The Bertz CT molecular complexity index is 627. The fourth-order valence-electron chi connectivity index (χ4n) is 2.31. The SMILES string of the molecule is OCC(CO)(Cc1ccc(F)c(Cl)c1)c1cccc(F)c1. The van der Waals surface area contributed by atoms with Crippen LogP contribution >= 0.6 is 11.6 Å². The fourth-order valence-corrected chi connectivity index (χ4v) is 2.51. The van der Waals surface area contributed by atoms with Crippen LogP contribution in [0.3, 0.4) is 0 Å². The maximum atomic E-state index is 13.4. The van der Waals surface area contributed by atoms with Crippen molar-refractivity contribution in [1.29, 1.82) is 0 Å². The summed E-state index contributed by atoms with van der Waals surface area (Å²) in [5.74, 6) is -0.985. The van der Waals surface area contributed by atoms with Crippen LogP contribution in [0.1, 0.15) is 11.1 Å². The quantitative estimate of drug-likeness (QED) is 0.891. The third kappa shape index (κ3) is 3.40. The van der Waals surface area contributed by atoms with Gasteiger partial charge >= 0.3 is 0 Å². The molecule has 2 rings (SSSR count). The van der Waals surface area contributed by atoms with Crippen molar-refractivity contribution in [1.82, 2.24) is 0 Å². The Kier molecular flexibility index (Phi) is 4.93. The molecule has 0 radical (unpaired) electrons. The van der Waals surface area contributed by atoms with Gasteiger partial charge in [0.25, 0.3) is 0 Å². The fraction of sp³-hybridized carbons (Fsp3) is 0.250. The molecule has 0 bridgehead atoms. The van der Waals surface area contributed by atoms with Gasteiger partial charge in [0.05, 0.1) is 18.2 Å². The Morgan fingerprint density at radius 2 is 1.71 bits per heavy atom. The average molecular weight is 313 g/mol. The maximum absolute atomic E-state index is 13.4. The summed E-state index contributed by atoms with van der Waals surface area (Å²) in [5.41, 5.74) is 0.0743. The zero-order chi connectivity index (χ0) is 15.5. The molecule has 2 aromatic carbocycles. The highest BCUT2D eigenvalue weighted by molar-refractivity contribution is 6.30. The Morgan fingerprint density at radius 3 is 2.29 bits per heavy atom. The van der Waals surface area contributed by atoms with Gasteiger partial charge in [-0.15, -0.1) is 0 Å². The van der Waals surface area contributed by atoms with Gasteiger partial charge in [-0.1, -0.05) is 29.8 Å². The molecule has 0 saturated carbocycles. The molecule has 0 amide bonds. The molecule has 0 atom stereocenters. The molecule has 2 nitrogen and oxygen atoms in total. The molecule has 0 aliphatic carbocycles. The minimum absolute atomic E-state index is 0.0310.